The summed E-state index contributed by atoms with van der Waals surface area (Å²) in [5.74, 6) is 0. The molecule has 4 heteroatoms. The van der Waals surface area contributed by atoms with Crippen molar-refractivity contribution in [3.05, 3.63) is 28.2 Å². The van der Waals surface area contributed by atoms with Gasteiger partial charge in [0.2, 0.25) is 0 Å². The maximum Gasteiger partial charge on any atom is 0.0645 e. The molecular weight excluding hydrogens is 284 g/mol. The number of rotatable bonds is 1. The highest BCUT2D eigenvalue weighted by molar-refractivity contribution is 14.1. The Bertz CT molecular complexity index is 239. The first-order valence-electron chi connectivity index (χ1n) is 2.55. The number of nitrogens with one attached hydrogen (secondary N) is 1. The zero-order chi connectivity index (χ0) is 7.56. The van der Waals surface area contributed by atoms with Crippen LogP contribution in [0.25, 0.3) is 0 Å². The number of halogens is 3. The maximum absolute atomic E-state index is 5.77. The predicted molar refractivity (Wildman–Crippen MR) is 54.1 cm³/mol. The minimum absolute atomic E-state index is 0.679. The molecule has 0 spiro atoms. The average molecular weight is 288 g/mol. The van der Waals surface area contributed by atoms with Gasteiger partial charge in [0, 0.05) is 5.02 Å². The second kappa shape index (κ2) is 3.64. The van der Waals surface area contributed by atoms with Crippen molar-refractivity contribution in [2.24, 2.45) is 0 Å². The average Bonchev–Trinajstić information content (AvgIpc) is 1.94. The minimum Gasteiger partial charge on any atom is -0.327 e. The number of hydrogen-bond acceptors (Lipinski definition) is 1. The Morgan fingerprint density at radius 1 is 1.30 bits per heavy atom. The van der Waals surface area contributed by atoms with E-state index in [1.54, 1.807) is 18.2 Å². The summed E-state index contributed by atoms with van der Waals surface area (Å²) < 4.78 is 2.89. The van der Waals surface area contributed by atoms with E-state index in [1.807, 2.05) is 22.9 Å². The first-order chi connectivity index (χ1) is 4.74. The number of benzene rings is 1. The topological polar surface area (TPSA) is 12.0 Å². The van der Waals surface area contributed by atoms with E-state index >= 15 is 0 Å². The lowest BCUT2D eigenvalue weighted by Gasteiger charge is -2.00. The third-order valence-corrected chi connectivity index (χ3v) is 2.18. The van der Waals surface area contributed by atoms with Gasteiger partial charge in [0.05, 0.1) is 33.6 Å². The van der Waals surface area contributed by atoms with E-state index in [0.29, 0.717) is 10.0 Å². The normalized spacial score (nSPS) is 9.50. The van der Waals surface area contributed by atoms with Gasteiger partial charge in [-0.05, 0) is 18.2 Å². The molecule has 54 valence electrons. The lowest BCUT2D eigenvalue weighted by molar-refractivity contribution is 1.69. The van der Waals surface area contributed by atoms with Crippen LogP contribution in [0.2, 0.25) is 10.0 Å². The van der Waals surface area contributed by atoms with E-state index in [-0.39, 0.29) is 0 Å². The molecule has 0 aromatic heterocycles. The molecule has 0 aliphatic heterocycles. The monoisotopic (exact) mass is 287 g/mol. The molecule has 0 saturated carbocycles. The molecular formula is C6H4Cl2IN. The smallest absolute Gasteiger partial charge is 0.0645 e. The quantitative estimate of drug-likeness (QED) is 0.613. The molecule has 0 aliphatic rings. The van der Waals surface area contributed by atoms with Crippen LogP contribution in [0.5, 0.6) is 0 Å². The first kappa shape index (κ1) is 8.43. The van der Waals surface area contributed by atoms with Gasteiger partial charge in [-0.15, -0.1) is 0 Å². The van der Waals surface area contributed by atoms with Crippen LogP contribution in [-0.4, -0.2) is 0 Å². The third-order valence-electron chi connectivity index (χ3n) is 1.03. The van der Waals surface area contributed by atoms with Crippen LogP contribution >= 0.6 is 46.1 Å². The summed E-state index contributed by atoms with van der Waals surface area (Å²) in [7, 11) is 0. The standard InChI is InChI=1S/C6H4Cl2IN/c7-4-1-2-5(8)6(3-4)10-9/h1-3,10H. The van der Waals surface area contributed by atoms with Crippen molar-refractivity contribution in [1.82, 2.24) is 0 Å². The van der Waals surface area contributed by atoms with Crippen LogP contribution in [-0.2, 0) is 0 Å². The van der Waals surface area contributed by atoms with E-state index < -0.39 is 0 Å². The minimum atomic E-state index is 0.679. The molecule has 0 saturated heterocycles. The molecule has 1 rings (SSSR count). The van der Waals surface area contributed by atoms with Gasteiger partial charge < -0.3 is 3.53 Å². The Kier molecular flexibility index (Phi) is 3.07. The summed E-state index contributed by atoms with van der Waals surface area (Å²) in [6.07, 6.45) is 0. The Balaban J connectivity index is 3.09. The van der Waals surface area contributed by atoms with Crippen molar-refractivity contribution in [2.75, 3.05) is 3.53 Å². The number of anilines is 1. The molecule has 0 heterocycles. The fourth-order valence-corrected chi connectivity index (χ4v) is 1.51. The molecule has 0 atom stereocenters. The van der Waals surface area contributed by atoms with Crippen LogP contribution in [0.3, 0.4) is 0 Å². The fourth-order valence-electron chi connectivity index (χ4n) is 0.570. The summed E-state index contributed by atoms with van der Waals surface area (Å²) in [5.41, 5.74) is 0.842. The van der Waals surface area contributed by atoms with Crippen molar-refractivity contribution in [1.29, 1.82) is 0 Å². The van der Waals surface area contributed by atoms with Crippen molar-refractivity contribution >= 4 is 51.8 Å². The van der Waals surface area contributed by atoms with Gasteiger partial charge in [0.25, 0.3) is 0 Å². The molecule has 0 fully saturated rings. The van der Waals surface area contributed by atoms with Crippen molar-refractivity contribution in [2.45, 2.75) is 0 Å². The molecule has 0 unspecified atom stereocenters. The van der Waals surface area contributed by atoms with Gasteiger partial charge in [0.1, 0.15) is 0 Å². The highest BCUT2D eigenvalue weighted by Gasteiger charge is 1.97. The first-order valence-corrected chi connectivity index (χ1v) is 4.39. The van der Waals surface area contributed by atoms with Crippen LogP contribution < -0.4 is 3.53 Å². The molecule has 1 aromatic carbocycles. The predicted octanol–water partition coefficient (Wildman–Crippen LogP) is 3.76. The van der Waals surface area contributed by atoms with Crippen molar-refractivity contribution < 1.29 is 0 Å². The SMILES string of the molecule is Clc1ccc(Cl)c(NI)c1. The lowest BCUT2D eigenvalue weighted by atomic mass is 10.3. The second-order valence-corrected chi connectivity index (χ2v) is 3.10. The molecule has 1 aromatic rings. The van der Waals surface area contributed by atoms with Crippen molar-refractivity contribution in [3.63, 3.8) is 0 Å². The van der Waals surface area contributed by atoms with Crippen LogP contribution in [0.1, 0.15) is 0 Å². The highest BCUT2D eigenvalue weighted by atomic mass is 127. The third kappa shape index (κ3) is 1.90. The summed E-state index contributed by atoms with van der Waals surface area (Å²) in [5, 5.41) is 1.36. The zero-order valence-electron chi connectivity index (χ0n) is 4.87. The Morgan fingerprint density at radius 3 is 2.50 bits per heavy atom. The highest BCUT2D eigenvalue weighted by Crippen LogP contribution is 2.25. The van der Waals surface area contributed by atoms with E-state index in [1.165, 1.54) is 0 Å². The van der Waals surface area contributed by atoms with Crippen LogP contribution in [0, 0.1) is 0 Å². The van der Waals surface area contributed by atoms with Gasteiger partial charge >= 0.3 is 0 Å². The Hall–Kier alpha value is 0.330. The van der Waals surface area contributed by atoms with E-state index in [9.17, 15) is 0 Å². The zero-order valence-corrected chi connectivity index (χ0v) is 8.54. The summed E-state index contributed by atoms with van der Waals surface area (Å²) in [6.45, 7) is 0. The molecule has 0 aliphatic carbocycles. The van der Waals surface area contributed by atoms with E-state index in [4.69, 9.17) is 23.2 Å². The Labute approximate surface area is 83.2 Å². The van der Waals surface area contributed by atoms with Gasteiger partial charge in [-0.3, -0.25) is 0 Å². The van der Waals surface area contributed by atoms with Gasteiger partial charge in [-0.25, -0.2) is 0 Å². The van der Waals surface area contributed by atoms with E-state index in [0.717, 1.165) is 5.69 Å². The fraction of sp³-hybridized carbons (Fsp3) is 0. The van der Waals surface area contributed by atoms with Gasteiger partial charge in [-0.2, -0.15) is 0 Å². The molecule has 0 amide bonds. The summed E-state index contributed by atoms with van der Waals surface area (Å²) >= 11 is 13.5. The molecule has 1 nitrogen and oxygen atoms in total. The Morgan fingerprint density at radius 2 is 2.00 bits per heavy atom. The van der Waals surface area contributed by atoms with E-state index in [2.05, 4.69) is 3.53 Å². The second-order valence-electron chi connectivity index (χ2n) is 1.72. The maximum atomic E-state index is 5.77. The van der Waals surface area contributed by atoms with Crippen molar-refractivity contribution in [3.8, 4) is 0 Å². The molecule has 0 radical (unpaired) electrons. The number of hydrogen-bond donors (Lipinski definition) is 1. The summed E-state index contributed by atoms with van der Waals surface area (Å²) in [4.78, 5) is 0. The molecule has 0 bridgehead atoms. The largest absolute Gasteiger partial charge is 0.327 e. The van der Waals surface area contributed by atoms with Gasteiger partial charge in [-0.1, -0.05) is 23.2 Å². The van der Waals surface area contributed by atoms with Gasteiger partial charge in [0.15, 0.2) is 0 Å². The van der Waals surface area contributed by atoms with Crippen LogP contribution in [0.15, 0.2) is 18.2 Å². The molecule has 1 N–H and O–H groups in total. The molecule has 10 heavy (non-hydrogen) atoms. The summed E-state index contributed by atoms with van der Waals surface area (Å²) in [6, 6.07) is 5.28. The lowest BCUT2D eigenvalue weighted by Crippen LogP contribution is -1.79. The van der Waals surface area contributed by atoms with Crippen LogP contribution in [0.4, 0.5) is 5.69 Å².